The molecule has 1 aliphatic carbocycles. The molecule has 0 heterocycles. The molecule has 0 aliphatic heterocycles. The van der Waals surface area contributed by atoms with Gasteiger partial charge < -0.3 is 10.1 Å². The van der Waals surface area contributed by atoms with E-state index in [1.807, 2.05) is 24.3 Å². The smallest absolute Gasteiger partial charge is 0.228 e. The molecule has 23 heavy (non-hydrogen) atoms. The van der Waals surface area contributed by atoms with Crippen LogP contribution in [-0.4, -0.2) is 18.8 Å². The lowest BCUT2D eigenvalue weighted by molar-refractivity contribution is -0.119. The number of ketones is 1. The quantitative estimate of drug-likeness (QED) is 0.933. The number of benzene rings is 2. The van der Waals surface area contributed by atoms with Crippen LogP contribution in [0.4, 0.5) is 5.69 Å². The molecule has 1 N–H and O–H groups in total. The third-order valence-corrected chi connectivity index (χ3v) is 4.30. The van der Waals surface area contributed by atoms with Crippen molar-refractivity contribution in [3.8, 4) is 5.75 Å². The maximum atomic E-state index is 12.5. The predicted octanol–water partition coefficient (Wildman–Crippen LogP) is 3.73. The van der Waals surface area contributed by atoms with Crippen LogP contribution in [0.15, 0.2) is 42.5 Å². The molecular weight excluding hydrogens is 314 g/mol. The van der Waals surface area contributed by atoms with E-state index in [0.29, 0.717) is 22.9 Å². The first-order valence-electron chi connectivity index (χ1n) is 7.34. The third-order valence-electron chi connectivity index (χ3n) is 4.01. The van der Waals surface area contributed by atoms with Gasteiger partial charge in [-0.3, -0.25) is 9.59 Å². The van der Waals surface area contributed by atoms with Gasteiger partial charge in [-0.05, 0) is 30.2 Å². The molecule has 4 nitrogen and oxygen atoms in total. The van der Waals surface area contributed by atoms with Gasteiger partial charge in [0, 0.05) is 23.6 Å². The number of halogens is 1. The van der Waals surface area contributed by atoms with E-state index in [2.05, 4.69) is 5.32 Å². The maximum Gasteiger partial charge on any atom is 0.228 e. The molecule has 0 saturated heterocycles. The summed E-state index contributed by atoms with van der Waals surface area (Å²) in [6, 6.07) is 12.5. The number of ether oxygens (including phenoxy) is 1. The zero-order chi connectivity index (χ0) is 16.4. The molecule has 1 amide bonds. The maximum absolute atomic E-state index is 12.5. The van der Waals surface area contributed by atoms with Crippen molar-refractivity contribution in [2.45, 2.75) is 12.8 Å². The number of fused-ring (bicyclic) bond motifs is 1. The van der Waals surface area contributed by atoms with Crippen LogP contribution in [0.2, 0.25) is 5.02 Å². The van der Waals surface area contributed by atoms with Crippen molar-refractivity contribution >= 4 is 29.0 Å². The van der Waals surface area contributed by atoms with Crippen molar-refractivity contribution in [2.24, 2.45) is 5.92 Å². The van der Waals surface area contributed by atoms with Crippen molar-refractivity contribution in [3.63, 3.8) is 0 Å². The third kappa shape index (κ3) is 3.22. The summed E-state index contributed by atoms with van der Waals surface area (Å²) in [6.45, 7) is 0. The molecular formula is C18H16ClNO3. The summed E-state index contributed by atoms with van der Waals surface area (Å²) < 4.78 is 5.09. The minimum Gasteiger partial charge on any atom is -0.495 e. The standard InChI is InChI=1S/C18H16ClNO3/c1-23-17-7-6-13(10-15(17)19)20-18(22)12-8-11-4-2-3-5-14(11)16(21)9-12/h2-7,10,12H,8-9H2,1H3,(H,20,22). The van der Waals surface area contributed by atoms with Crippen molar-refractivity contribution in [1.82, 2.24) is 0 Å². The summed E-state index contributed by atoms with van der Waals surface area (Å²) in [5.74, 6) is 0.0264. The summed E-state index contributed by atoms with van der Waals surface area (Å²) in [5.41, 5.74) is 2.24. The van der Waals surface area contributed by atoms with Gasteiger partial charge in [0.25, 0.3) is 0 Å². The van der Waals surface area contributed by atoms with E-state index < -0.39 is 0 Å². The van der Waals surface area contributed by atoms with Crippen molar-refractivity contribution in [1.29, 1.82) is 0 Å². The first-order valence-corrected chi connectivity index (χ1v) is 7.72. The van der Waals surface area contributed by atoms with E-state index in [-0.39, 0.29) is 24.0 Å². The Balaban J connectivity index is 1.75. The first-order chi connectivity index (χ1) is 11.1. The Kier molecular flexibility index (Phi) is 4.35. The molecule has 1 atom stereocenters. The number of hydrogen-bond donors (Lipinski definition) is 1. The lowest BCUT2D eigenvalue weighted by Crippen LogP contribution is -2.30. The van der Waals surface area contributed by atoms with Crippen LogP contribution in [0.3, 0.4) is 0 Å². The Morgan fingerprint density at radius 2 is 2.00 bits per heavy atom. The van der Waals surface area contributed by atoms with Crippen LogP contribution in [0, 0.1) is 5.92 Å². The number of carbonyl (C=O) groups is 2. The van der Waals surface area contributed by atoms with Crippen molar-refractivity contribution in [2.75, 3.05) is 12.4 Å². The highest BCUT2D eigenvalue weighted by molar-refractivity contribution is 6.32. The summed E-state index contributed by atoms with van der Waals surface area (Å²) >= 11 is 6.06. The summed E-state index contributed by atoms with van der Waals surface area (Å²) in [4.78, 5) is 24.6. The van der Waals surface area contributed by atoms with Gasteiger partial charge in [0.15, 0.2) is 5.78 Å². The number of Topliss-reactive ketones (excluding diaryl/α,β-unsaturated/α-hetero) is 1. The monoisotopic (exact) mass is 329 g/mol. The normalized spacial score (nSPS) is 16.6. The number of nitrogens with one attached hydrogen (secondary N) is 1. The second-order valence-corrected chi connectivity index (χ2v) is 5.93. The largest absolute Gasteiger partial charge is 0.495 e. The lowest BCUT2D eigenvalue weighted by Gasteiger charge is -2.23. The van der Waals surface area contributed by atoms with Crippen molar-refractivity contribution in [3.05, 3.63) is 58.6 Å². The number of hydrogen-bond acceptors (Lipinski definition) is 3. The number of methoxy groups -OCH3 is 1. The van der Waals surface area contributed by atoms with Crippen LogP contribution in [0.1, 0.15) is 22.3 Å². The second kappa shape index (κ2) is 6.42. The molecule has 1 unspecified atom stereocenters. The van der Waals surface area contributed by atoms with Gasteiger partial charge in [0.05, 0.1) is 12.1 Å². The van der Waals surface area contributed by atoms with E-state index in [1.165, 1.54) is 7.11 Å². The average Bonchev–Trinajstić information content (AvgIpc) is 2.55. The van der Waals surface area contributed by atoms with Crippen LogP contribution in [0.25, 0.3) is 0 Å². The topological polar surface area (TPSA) is 55.4 Å². The molecule has 2 aromatic carbocycles. The molecule has 0 aromatic heterocycles. The fourth-order valence-electron chi connectivity index (χ4n) is 2.82. The number of amides is 1. The number of anilines is 1. The highest BCUT2D eigenvalue weighted by Crippen LogP contribution is 2.29. The summed E-state index contributed by atoms with van der Waals surface area (Å²) in [5, 5.41) is 3.25. The lowest BCUT2D eigenvalue weighted by atomic mass is 9.82. The molecule has 0 bridgehead atoms. The van der Waals surface area contributed by atoms with Gasteiger partial charge in [-0.1, -0.05) is 35.9 Å². The molecule has 1 aliphatic rings. The van der Waals surface area contributed by atoms with Crippen LogP contribution in [0.5, 0.6) is 5.75 Å². The van der Waals surface area contributed by atoms with Gasteiger partial charge in [-0.25, -0.2) is 0 Å². The number of carbonyl (C=O) groups excluding carboxylic acids is 2. The highest BCUT2D eigenvalue weighted by atomic mass is 35.5. The molecule has 118 valence electrons. The van der Waals surface area contributed by atoms with E-state index in [0.717, 1.165) is 11.1 Å². The van der Waals surface area contributed by atoms with E-state index in [4.69, 9.17) is 16.3 Å². The van der Waals surface area contributed by atoms with Crippen LogP contribution in [-0.2, 0) is 11.2 Å². The Morgan fingerprint density at radius 1 is 1.22 bits per heavy atom. The van der Waals surface area contributed by atoms with Crippen LogP contribution >= 0.6 is 11.6 Å². The Bertz CT molecular complexity index is 773. The molecule has 0 fully saturated rings. The van der Waals surface area contributed by atoms with Gasteiger partial charge in [0.1, 0.15) is 5.75 Å². The van der Waals surface area contributed by atoms with E-state index in [9.17, 15) is 9.59 Å². The minimum absolute atomic E-state index is 0.0137. The molecule has 5 heteroatoms. The zero-order valence-electron chi connectivity index (χ0n) is 12.6. The van der Waals surface area contributed by atoms with E-state index in [1.54, 1.807) is 18.2 Å². The van der Waals surface area contributed by atoms with Gasteiger partial charge in [0.2, 0.25) is 5.91 Å². The minimum atomic E-state index is -0.363. The predicted molar refractivity (Wildman–Crippen MR) is 89.2 cm³/mol. The summed E-state index contributed by atoms with van der Waals surface area (Å²) in [6.07, 6.45) is 0.796. The first kappa shape index (κ1) is 15.6. The average molecular weight is 330 g/mol. The van der Waals surface area contributed by atoms with Crippen LogP contribution < -0.4 is 10.1 Å². The molecule has 0 saturated carbocycles. The highest BCUT2D eigenvalue weighted by Gasteiger charge is 2.29. The Labute approximate surface area is 139 Å². The van der Waals surface area contributed by atoms with Gasteiger partial charge in [-0.15, -0.1) is 0 Å². The molecule has 0 spiro atoms. The van der Waals surface area contributed by atoms with Gasteiger partial charge in [-0.2, -0.15) is 0 Å². The second-order valence-electron chi connectivity index (χ2n) is 5.52. The fourth-order valence-corrected chi connectivity index (χ4v) is 3.07. The fraction of sp³-hybridized carbons (Fsp3) is 0.222. The molecule has 3 rings (SSSR count). The summed E-state index contributed by atoms with van der Waals surface area (Å²) in [7, 11) is 1.53. The van der Waals surface area contributed by atoms with Gasteiger partial charge >= 0.3 is 0 Å². The van der Waals surface area contributed by atoms with Crippen molar-refractivity contribution < 1.29 is 14.3 Å². The SMILES string of the molecule is COc1ccc(NC(=O)C2CC(=O)c3ccccc3C2)cc1Cl. The zero-order valence-corrected chi connectivity index (χ0v) is 13.4. The Morgan fingerprint density at radius 3 is 2.74 bits per heavy atom. The Hall–Kier alpha value is -2.33. The molecule has 0 radical (unpaired) electrons. The molecule has 2 aromatic rings. The van der Waals surface area contributed by atoms with E-state index >= 15 is 0 Å². The number of rotatable bonds is 3.